The number of amides is 1. The molecule has 33 heavy (non-hydrogen) atoms. The Hall–Kier alpha value is -3.62. The highest BCUT2D eigenvalue weighted by Crippen LogP contribution is 2.25. The lowest BCUT2D eigenvalue weighted by Gasteiger charge is -2.11. The van der Waals surface area contributed by atoms with Crippen molar-refractivity contribution in [3.05, 3.63) is 94.5 Å². The number of hydrogen-bond donors (Lipinski definition) is 2. The van der Waals surface area contributed by atoms with Gasteiger partial charge in [-0.3, -0.25) is 10.1 Å². The second-order valence-electron chi connectivity index (χ2n) is 7.56. The molecule has 162 valence electrons. The van der Waals surface area contributed by atoms with Gasteiger partial charge in [-0.1, -0.05) is 58.4 Å². The summed E-state index contributed by atoms with van der Waals surface area (Å²) in [6.45, 7) is 1.96. The van der Waals surface area contributed by atoms with Crippen molar-refractivity contribution in [3.8, 4) is 5.69 Å². The quantitative estimate of drug-likeness (QED) is 0.298. The van der Waals surface area contributed by atoms with Crippen LogP contribution in [-0.4, -0.2) is 26.0 Å². The average Bonchev–Trinajstić information content (AvgIpc) is 3.21. The van der Waals surface area contributed by atoms with Gasteiger partial charge in [-0.15, -0.1) is 15.0 Å². The van der Waals surface area contributed by atoms with Gasteiger partial charge in [-0.05, 0) is 66.5 Å². The van der Waals surface area contributed by atoms with Crippen molar-refractivity contribution in [2.45, 2.75) is 6.92 Å². The monoisotopic (exact) mass is 515 g/mol. The summed E-state index contributed by atoms with van der Waals surface area (Å²) < 4.78 is 0.824. The van der Waals surface area contributed by atoms with E-state index in [2.05, 4.69) is 49.9 Å². The lowest BCUT2D eigenvalue weighted by Crippen LogP contribution is -2.34. The number of aromatic nitrogens is 3. The minimum Gasteiger partial charge on any atom is -0.332 e. The topological polar surface area (TPSA) is 71.8 Å². The van der Waals surface area contributed by atoms with Crippen LogP contribution in [-0.2, 0) is 0 Å². The maximum atomic E-state index is 12.5. The predicted octanol–water partition coefficient (Wildman–Crippen LogP) is 5.77. The molecule has 0 spiro atoms. The number of nitrogens with zero attached hydrogens (tertiary/aromatic N) is 3. The van der Waals surface area contributed by atoms with Gasteiger partial charge in [0.2, 0.25) is 0 Å². The molecule has 0 aliphatic carbocycles. The van der Waals surface area contributed by atoms with E-state index in [-0.39, 0.29) is 11.0 Å². The van der Waals surface area contributed by atoms with Crippen molar-refractivity contribution in [3.63, 3.8) is 0 Å². The number of rotatable bonds is 3. The fraction of sp³-hybridized carbons (Fsp3) is 0.0400. The van der Waals surface area contributed by atoms with Crippen LogP contribution in [0.5, 0.6) is 0 Å². The summed E-state index contributed by atoms with van der Waals surface area (Å²) in [6.07, 6.45) is 0. The minimum atomic E-state index is -0.283. The van der Waals surface area contributed by atoms with Gasteiger partial charge < -0.3 is 5.32 Å². The summed E-state index contributed by atoms with van der Waals surface area (Å²) in [5.74, 6) is -0.283. The number of fused-ring (bicyclic) bond motifs is 2. The molecular weight excluding hydrogens is 498 g/mol. The SMILES string of the molecule is Cc1cc2nn(-c3cccc4ccccc34)nc2cc1NC(=S)NC(=O)c1cccc(Br)c1. The number of aryl methyl sites for hydroxylation is 1. The fourth-order valence-electron chi connectivity index (χ4n) is 3.65. The van der Waals surface area contributed by atoms with Crippen LogP contribution in [0.2, 0.25) is 0 Å². The standard InChI is InChI=1S/C25H18BrN5OS/c1-15-12-21-22(30-31(29-21)23-11-5-7-16-6-2-3-10-19(16)23)14-20(15)27-25(33)28-24(32)17-8-4-9-18(26)13-17/h2-14H,1H3,(H2,27,28,32,33). The van der Waals surface area contributed by atoms with E-state index in [1.165, 1.54) is 0 Å². The second kappa shape index (κ2) is 8.73. The number of hydrogen-bond acceptors (Lipinski definition) is 4. The third-order valence-corrected chi connectivity index (χ3v) is 5.97. The molecule has 0 unspecified atom stereocenters. The molecule has 5 rings (SSSR count). The fourth-order valence-corrected chi connectivity index (χ4v) is 4.25. The van der Waals surface area contributed by atoms with E-state index in [0.717, 1.165) is 43.2 Å². The molecule has 0 saturated carbocycles. The van der Waals surface area contributed by atoms with Gasteiger partial charge >= 0.3 is 0 Å². The van der Waals surface area contributed by atoms with Crippen molar-refractivity contribution in [1.82, 2.24) is 20.3 Å². The number of carbonyl (C=O) groups excluding carboxylic acids is 1. The van der Waals surface area contributed by atoms with Crippen LogP contribution in [0.3, 0.4) is 0 Å². The van der Waals surface area contributed by atoms with Crippen LogP contribution in [0.15, 0.2) is 83.3 Å². The molecule has 0 saturated heterocycles. The molecule has 0 aliphatic rings. The van der Waals surface area contributed by atoms with E-state index in [4.69, 9.17) is 17.3 Å². The highest BCUT2D eigenvalue weighted by molar-refractivity contribution is 9.10. The molecule has 8 heteroatoms. The molecule has 0 fully saturated rings. The summed E-state index contributed by atoms with van der Waals surface area (Å²) in [4.78, 5) is 14.1. The summed E-state index contributed by atoms with van der Waals surface area (Å²) >= 11 is 8.74. The zero-order valence-electron chi connectivity index (χ0n) is 17.5. The molecule has 1 heterocycles. The van der Waals surface area contributed by atoms with Crippen LogP contribution in [0.1, 0.15) is 15.9 Å². The van der Waals surface area contributed by atoms with Gasteiger partial charge in [0.05, 0.1) is 5.69 Å². The first-order valence-corrected chi connectivity index (χ1v) is 11.4. The highest BCUT2D eigenvalue weighted by atomic mass is 79.9. The smallest absolute Gasteiger partial charge is 0.257 e. The molecule has 0 aliphatic heterocycles. The van der Waals surface area contributed by atoms with E-state index in [0.29, 0.717) is 5.56 Å². The number of halogens is 1. The first-order valence-electron chi connectivity index (χ1n) is 10.2. The van der Waals surface area contributed by atoms with Crippen molar-refractivity contribution >= 4 is 66.7 Å². The molecule has 0 radical (unpaired) electrons. The Morgan fingerprint density at radius 1 is 0.939 bits per heavy atom. The molecular formula is C25H18BrN5OS. The Bertz CT molecular complexity index is 1540. The van der Waals surface area contributed by atoms with E-state index >= 15 is 0 Å². The molecule has 4 aromatic carbocycles. The van der Waals surface area contributed by atoms with Gasteiger partial charge in [-0.25, -0.2) is 0 Å². The first-order chi connectivity index (χ1) is 16.0. The van der Waals surface area contributed by atoms with Crippen molar-refractivity contribution in [2.24, 2.45) is 0 Å². The first kappa shape index (κ1) is 21.2. The maximum absolute atomic E-state index is 12.5. The Morgan fingerprint density at radius 2 is 1.67 bits per heavy atom. The summed E-state index contributed by atoms with van der Waals surface area (Å²) in [6, 6.07) is 25.2. The van der Waals surface area contributed by atoms with Gasteiger partial charge in [0, 0.05) is 21.1 Å². The zero-order valence-corrected chi connectivity index (χ0v) is 19.9. The van der Waals surface area contributed by atoms with Crippen LogP contribution >= 0.6 is 28.1 Å². The van der Waals surface area contributed by atoms with E-state index < -0.39 is 0 Å². The lowest BCUT2D eigenvalue weighted by atomic mass is 10.1. The molecule has 6 nitrogen and oxygen atoms in total. The predicted molar refractivity (Wildman–Crippen MR) is 139 cm³/mol. The normalized spacial score (nSPS) is 11.0. The summed E-state index contributed by atoms with van der Waals surface area (Å²) in [7, 11) is 0. The number of anilines is 1. The average molecular weight is 516 g/mol. The number of benzene rings is 4. The molecule has 1 amide bonds. The third kappa shape index (κ3) is 4.35. The van der Waals surface area contributed by atoms with Crippen LogP contribution < -0.4 is 10.6 Å². The van der Waals surface area contributed by atoms with E-state index in [1.807, 2.05) is 49.4 Å². The Morgan fingerprint density at radius 3 is 2.48 bits per heavy atom. The Labute approximate surface area is 203 Å². The van der Waals surface area contributed by atoms with Crippen LogP contribution in [0, 0.1) is 6.92 Å². The molecule has 0 atom stereocenters. The van der Waals surface area contributed by atoms with Gasteiger partial charge in [0.1, 0.15) is 11.0 Å². The molecule has 5 aromatic rings. The number of carbonyl (C=O) groups is 1. The lowest BCUT2D eigenvalue weighted by molar-refractivity contribution is 0.0977. The van der Waals surface area contributed by atoms with Crippen molar-refractivity contribution < 1.29 is 4.79 Å². The summed E-state index contributed by atoms with van der Waals surface area (Å²) in [5.41, 5.74) is 4.61. The van der Waals surface area contributed by atoms with Crippen LogP contribution in [0.4, 0.5) is 5.69 Å². The minimum absolute atomic E-state index is 0.212. The highest BCUT2D eigenvalue weighted by Gasteiger charge is 2.13. The van der Waals surface area contributed by atoms with E-state index in [9.17, 15) is 4.79 Å². The van der Waals surface area contributed by atoms with Crippen molar-refractivity contribution in [1.29, 1.82) is 0 Å². The van der Waals surface area contributed by atoms with Gasteiger partial charge in [0.25, 0.3) is 5.91 Å². The molecule has 0 bridgehead atoms. The summed E-state index contributed by atoms with van der Waals surface area (Å²) in [5, 5.41) is 17.6. The van der Waals surface area contributed by atoms with Gasteiger partial charge in [-0.2, -0.15) is 0 Å². The Balaban J connectivity index is 1.41. The third-order valence-electron chi connectivity index (χ3n) is 5.27. The zero-order chi connectivity index (χ0) is 22.9. The number of thiocarbonyl (C=S) groups is 1. The van der Waals surface area contributed by atoms with Gasteiger partial charge in [0.15, 0.2) is 5.11 Å². The molecule has 2 N–H and O–H groups in total. The van der Waals surface area contributed by atoms with E-state index in [1.54, 1.807) is 23.0 Å². The van der Waals surface area contributed by atoms with Crippen LogP contribution in [0.25, 0.3) is 27.5 Å². The second-order valence-corrected chi connectivity index (χ2v) is 8.89. The largest absolute Gasteiger partial charge is 0.332 e. The Kier molecular flexibility index (Phi) is 5.62. The molecule has 1 aromatic heterocycles. The van der Waals surface area contributed by atoms with Crippen molar-refractivity contribution in [2.75, 3.05) is 5.32 Å². The number of nitrogens with one attached hydrogen (secondary N) is 2. The maximum Gasteiger partial charge on any atom is 0.257 e.